The molecule has 1 aliphatic carbocycles. The standard InChI is InChI=1S/C10H14O/c1-2-3-5-9-6-4-7-10(9)8-11/h2-3,5,8-10H,1,4,6-7H2/b5-3+/t9-,10-/m1/s1. The van der Waals surface area contributed by atoms with Crippen molar-refractivity contribution in [2.45, 2.75) is 19.3 Å². The number of hydrogen-bond acceptors (Lipinski definition) is 1. The Bertz CT molecular complexity index is 170. The van der Waals surface area contributed by atoms with Crippen molar-refractivity contribution in [3.63, 3.8) is 0 Å². The molecule has 2 atom stereocenters. The van der Waals surface area contributed by atoms with Crippen molar-refractivity contribution in [3.05, 3.63) is 24.8 Å². The summed E-state index contributed by atoms with van der Waals surface area (Å²) in [6.07, 6.45) is 10.3. The number of hydrogen-bond donors (Lipinski definition) is 0. The average Bonchev–Trinajstić information content (AvgIpc) is 2.47. The number of carbonyl (C=O) groups excluding carboxylic acids is 1. The van der Waals surface area contributed by atoms with Gasteiger partial charge in [0, 0.05) is 5.92 Å². The van der Waals surface area contributed by atoms with Crippen LogP contribution in [0.1, 0.15) is 19.3 Å². The van der Waals surface area contributed by atoms with Crippen LogP contribution in [-0.2, 0) is 4.79 Å². The monoisotopic (exact) mass is 150 g/mol. The van der Waals surface area contributed by atoms with E-state index in [4.69, 9.17) is 0 Å². The second-order valence-electron chi connectivity index (χ2n) is 3.02. The van der Waals surface area contributed by atoms with Gasteiger partial charge in [-0.1, -0.05) is 31.2 Å². The summed E-state index contributed by atoms with van der Waals surface area (Å²) in [6, 6.07) is 0. The number of carbonyl (C=O) groups is 1. The Morgan fingerprint density at radius 1 is 1.27 bits per heavy atom. The lowest BCUT2D eigenvalue weighted by Crippen LogP contribution is -2.05. The first-order valence-corrected chi connectivity index (χ1v) is 4.13. The highest BCUT2D eigenvalue weighted by molar-refractivity contribution is 5.55. The molecule has 0 aliphatic heterocycles. The molecule has 0 radical (unpaired) electrons. The highest BCUT2D eigenvalue weighted by Crippen LogP contribution is 2.30. The fourth-order valence-electron chi connectivity index (χ4n) is 1.65. The average molecular weight is 150 g/mol. The number of aldehydes is 1. The van der Waals surface area contributed by atoms with Crippen molar-refractivity contribution in [2.24, 2.45) is 11.8 Å². The predicted octanol–water partition coefficient (Wildman–Crippen LogP) is 2.34. The summed E-state index contributed by atoms with van der Waals surface area (Å²) in [5.41, 5.74) is 0. The Kier molecular flexibility index (Phi) is 3.09. The van der Waals surface area contributed by atoms with Gasteiger partial charge in [0.2, 0.25) is 0 Å². The molecule has 1 nitrogen and oxygen atoms in total. The minimum absolute atomic E-state index is 0.270. The Labute approximate surface area is 67.8 Å². The van der Waals surface area contributed by atoms with Gasteiger partial charge in [-0.05, 0) is 18.8 Å². The van der Waals surface area contributed by atoms with E-state index in [1.54, 1.807) is 6.08 Å². The summed E-state index contributed by atoms with van der Waals surface area (Å²) in [7, 11) is 0. The molecule has 1 heteroatoms. The van der Waals surface area contributed by atoms with Crippen molar-refractivity contribution in [2.75, 3.05) is 0 Å². The largest absolute Gasteiger partial charge is 0.303 e. The van der Waals surface area contributed by atoms with Crippen LogP contribution in [0.2, 0.25) is 0 Å². The molecule has 0 aromatic carbocycles. The maximum Gasteiger partial charge on any atom is 0.123 e. The Morgan fingerprint density at radius 2 is 2.00 bits per heavy atom. The molecule has 11 heavy (non-hydrogen) atoms. The molecule has 1 rings (SSSR count). The van der Waals surface area contributed by atoms with E-state index in [0.717, 1.165) is 19.1 Å². The molecule has 0 N–H and O–H groups in total. The van der Waals surface area contributed by atoms with Gasteiger partial charge in [0.15, 0.2) is 0 Å². The third-order valence-electron chi connectivity index (χ3n) is 2.29. The van der Waals surface area contributed by atoms with Crippen molar-refractivity contribution in [1.82, 2.24) is 0 Å². The van der Waals surface area contributed by atoms with Gasteiger partial charge in [-0.2, -0.15) is 0 Å². The molecule has 0 aromatic heterocycles. The maximum absolute atomic E-state index is 10.5. The number of allylic oxidation sites excluding steroid dienone is 3. The summed E-state index contributed by atoms with van der Waals surface area (Å²) in [5.74, 6) is 0.747. The van der Waals surface area contributed by atoms with E-state index in [1.807, 2.05) is 6.08 Å². The maximum atomic E-state index is 10.5. The van der Waals surface area contributed by atoms with Crippen LogP contribution < -0.4 is 0 Å². The van der Waals surface area contributed by atoms with Crippen molar-refractivity contribution >= 4 is 6.29 Å². The van der Waals surface area contributed by atoms with Crippen molar-refractivity contribution < 1.29 is 4.79 Å². The molecule has 0 unspecified atom stereocenters. The van der Waals surface area contributed by atoms with Gasteiger partial charge in [0.1, 0.15) is 6.29 Å². The topological polar surface area (TPSA) is 17.1 Å². The van der Waals surface area contributed by atoms with Crippen molar-refractivity contribution in [3.8, 4) is 0 Å². The molecule has 1 saturated carbocycles. The Balaban J connectivity index is 2.49. The Morgan fingerprint density at radius 3 is 2.64 bits per heavy atom. The summed E-state index contributed by atoms with van der Waals surface area (Å²) in [6.45, 7) is 3.60. The fourth-order valence-corrected chi connectivity index (χ4v) is 1.65. The summed E-state index contributed by atoms with van der Waals surface area (Å²) >= 11 is 0. The quantitative estimate of drug-likeness (QED) is 0.446. The fraction of sp³-hybridized carbons (Fsp3) is 0.500. The molecule has 0 spiro atoms. The zero-order valence-corrected chi connectivity index (χ0v) is 6.70. The minimum Gasteiger partial charge on any atom is -0.303 e. The molecule has 0 saturated heterocycles. The molecular weight excluding hydrogens is 136 g/mol. The van der Waals surface area contributed by atoms with Gasteiger partial charge >= 0.3 is 0 Å². The summed E-state index contributed by atoms with van der Waals surface area (Å²) in [5, 5.41) is 0. The van der Waals surface area contributed by atoms with Crippen LogP contribution in [0.5, 0.6) is 0 Å². The van der Waals surface area contributed by atoms with E-state index < -0.39 is 0 Å². The van der Waals surface area contributed by atoms with Crippen molar-refractivity contribution in [1.29, 1.82) is 0 Å². The zero-order valence-electron chi connectivity index (χ0n) is 6.70. The first-order valence-electron chi connectivity index (χ1n) is 4.13. The van der Waals surface area contributed by atoms with Gasteiger partial charge in [-0.15, -0.1) is 0 Å². The molecule has 0 bridgehead atoms. The van der Waals surface area contributed by atoms with Crippen LogP contribution >= 0.6 is 0 Å². The highest BCUT2D eigenvalue weighted by atomic mass is 16.1. The third kappa shape index (κ3) is 2.04. The molecule has 1 fully saturated rings. The SMILES string of the molecule is C=C/C=C/[C@@H]1CCC[C@@H]1C=O. The minimum atomic E-state index is 0.270. The lowest BCUT2D eigenvalue weighted by atomic mass is 9.97. The van der Waals surface area contributed by atoms with E-state index in [1.165, 1.54) is 6.42 Å². The van der Waals surface area contributed by atoms with Crippen LogP contribution in [-0.4, -0.2) is 6.29 Å². The first kappa shape index (κ1) is 8.25. The molecule has 60 valence electrons. The first-order chi connectivity index (χ1) is 5.38. The van der Waals surface area contributed by atoms with E-state index in [9.17, 15) is 4.79 Å². The third-order valence-corrected chi connectivity index (χ3v) is 2.29. The van der Waals surface area contributed by atoms with Crippen LogP contribution in [0.4, 0.5) is 0 Å². The second kappa shape index (κ2) is 4.12. The lowest BCUT2D eigenvalue weighted by molar-refractivity contribution is -0.111. The summed E-state index contributed by atoms with van der Waals surface area (Å²) in [4.78, 5) is 10.5. The summed E-state index contributed by atoms with van der Waals surface area (Å²) < 4.78 is 0. The zero-order chi connectivity index (χ0) is 8.10. The molecular formula is C10H14O. The van der Waals surface area contributed by atoms with Crippen LogP contribution in [0.25, 0.3) is 0 Å². The van der Waals surface area contributed by atoms with Crippen LogP contribution in [0, 0.1) is 11.8 Å². The smallest absolute Gasteiger partial charge is 0.123 e. The van der Waals surface area contributed by atoms with E-state index in [0.29, 0.717) is 5.92 Å². The van der Waals surface area contributed by atoms with Gasteiger partial charge < -0.3 is 4.79 Å². The van der Waals surface area contributed by atoms with Crippen LogP contribution in [0.3, 0.4) is 0 Å². The molecule has 0 amide bonds. The van der Waals surface area contributed by atoms with Gasteiger partial charge in [-0.3, -0.25) is 0 Å². The lowest BCUT2D eigenvalue weighted by Gasteiger charge is -2.06. The van der Waals surface area contributed by atoms with E-state index in [2.05, 4.69) is 12.7 Å². The van der Waals surface area contributed by atoms with Gasteiger partial charge in [0.05, 0.1) is 0 Å². The molecule has 0 aromatic rings. The normalized spacial score (nSPS) is 30.9. The Hall–Kier alpha value is -0.850. The van der Waals surface area contributed by atoms with E-state index >= 15 is 0 Å². The van der Waals surface area contributed by atoms with Gasteiger partial charge in [0.25, 0.3) is 0 Å². The number of rotatable bonds is 3. The highest BCUT2D eigenvalue weighted by Gasteiger charge is 2.23. The molecule has 0 heterocycles. The van der Waals surface area contributed by atoms with Crippen LogP contribution in [0.15, 0.2) is 24.8 Å². The van der Waals surface area contributed by atoms with E-state index in [-0.39, 0.29) is 5.92 Å². The second-order valence-corrected chi connectivity index (χ2v) is 3.02. The van der Waals surface area contributed by atoms with Gasteiger partial charge in [-0.25, -0.2) is 0 Å². The predicted molar refractivity (Wildman–Crippen MR) is 46.2 cm³/mol. The molecule has 1 aliphatic rings.